The van der Waals surface area contributed by atoms with Gasteiger partial charge in [0.15, 0.2) is 0 Å². The van der Waals surface area contributed by atoms with Crippen LogP contribution in [0.15, 0.2) is 28.7 Å². The van der Waals surface area contributed by atoms with Crippen LogP contribution >= 0.6 is 15.9 Å². The van der Waals surface area contributed by atoms with E-state index in [4.69, 9.17) is 4.74 Å². The number of ether oxygens (including phenoxy) is 1. The molecule has 0 unspecified atom stereocenters. The van der Waals surface area contributed by atoms with Crippen LogP contribution in [0.4, 0.5) is 0 Å². The number of carbonyl (C=O) groups is 2. The molecule has 0 saturated carbocycles. The molecular formula is C15H21BrN2O3. The van der Waals surface area contributed by atoms with E-state index in [1.807, 2.05) is 31.2 Å². The van der Waals surface area contributed by atoms with Crippen LogP contribution < -0.4 is 15.4 Å². The van der Waals surface area contributed by atoms with Crippen molar-refractivity contribution in [3.63, 3.8) is 0 Å². The Balaban J connectivity index is 2.08. The van der Waals surface area contributed by atoms with Crippen molar-refractivity contribution in [1.29, 1.82) is 0 Å². The van der Waals surface area contributed by atoms with E-state index in [9.17, 15) is 9.59 Å². The van der Waals surface area contributed by atoms with Crippen molar-refractivity contribution in [3.8, 4) is 5.75 Å². The van der Waals surface area contributed by atoms with E-state index in [1.54, 1.807) is 0 Å². The van der Waals surface area contributed by atoms with Crippen molar-refractivity contribution in [3.05, 3.63) is 28.7 Å². The summed E-state index contributed by atoms with van der Waals surface area (Å²) >= 11 is 3.35. The molecule has 0 spiro atoms. The number of amides is 2. The van der Waals surface area contributed by atoms with E-state index in [-0.39, 0.29) is 18.4 Å². The number of carbonyl (C=O) groups excluding carboxylic acids is 2. The van der Waals surface area contributed by atoms with E-state index in [1.165, 1.54) is 0 Å². The second kappa shape index (κ2) is 10.2. The second-order valence-electron chi connectivity index (χ2n) is 4.53. The third-order valence-electron chi connectivity index (χ3n) is 2.65. The van der Waals surface area contributed by atoms with E-state index in [0.717, 1.165) is 16.6 Å². The lowest BCUT2D eigenvalue weighted by molar-refractivity contribution is -0.126. The lowest BCUT2D eigenvalue weighted by Gasteiger charge is -2.07. The van der Waals surface area contributed by atoms with Gasteiger partial charge in [0.25, 0.3) is 0 Å². The summed E-state index contributed by atoms with van der Waals surface area (Å²) in [6.07, 6.45) is 1.84. The molecule has 21 heavy (non-hydrogen) atoms. The fraction of sp³-hybridized carbons (Fsp3) is 0.467. The Bertz CT molecular complexity index is 449. The van der Waals surface area contributed by atoms with E-state index < -0.39 is 0 Å². The predicted molar refractivity (Wildman–Crippen MR) is 85.2 cm³/mol. The van der Waals surface area contributed by atoms with Gasteiger partial charge in [-0.05, 0) is 37.1 Å². The van der Waals surface area contributed by atoms with Crippen LogP contribution in [0.2, 0.25) is 0 Å². The number of hydrogen-bond acceptors (Lipinski definition) is 3. The molecule has 0 fully saturated rings. The van der Waals surface area contributed by atoms with Crippen LogP contribution in [0.5, 0.6) is 5.75 Å². The highest BCUT2D eigenvalue weighted by Gasteiger charge is 2.04. The molecule has 0 aliphatic rings. The van der Waals surface area contributed by atoms with Crippen LogP contribution in [0.25, 0.3) is 0 Å². The highest BCUT2D eigenvalue weighted by molar-refractivity contribution is 9.10. The lowest BCUT2D eigenvalue weighted by atomic mass is 10.3. The third-order valence-corrected chi connectivity index (χ3v) is 3.18. The van der Waals surface area contributed by atoms with Gasteiger partial charge in [0.1, 0.15) is 5.75 Å². The van der Waals surface area contributed by atoms with Crippen LogP contribution in [0, 0.1) is 0 Å². The molecule has 2 N–H and O–H groups in total. The molecule has 1 aromatic carbocycles. The summed E-state index contributed by atoms with van der Waals surface area (Å²) in [6.45, 7) is 3.11. The predicted octanol–water partition coefficient (Wildman–Crippen LogP) is 2.25. The SMILES string of the molecule is CCCNC(=O)CNC(=O)CCCOc1ccc(Br)cc1. The minimum absolute atomic E-state index is 0.0341. The van der Waals surface area contributed by atoms with Crippen molar-refractivity contribution in [2.45, 2.75) is 26.2 Å². The lowest BCUT2D eigenvalue weighted by Crippen LogP contribution is -2.37. The zero-order valence-electron chi connectivity index (χ0n) is 12.2. The number of hydrogen-bond donors (Lipinski definition) is 2. The van der Waals surface area contributed by atoms with Crippen LogP contribution in [0.3, 0.4) is 0 Å². The first-order chi connectivity index (χ1) is 10.1. The van der Waals surface area contributed by atoms with Crippen LogP contribution in [0.1, 0.15) is 26.2 Å². The van der Waals surface area contributed by atoms with Crippen molar-refractivity contribution in [1.82, 2.24) is 10.6 Å². The first-order valence-corrected chi connectivity index (χ1v) is 7.83. The summed E-state index contributed by atoms with van der Waals surface area (Å²) in [6, 6.07) is 7.53. The van der Waals surface area contributed by atoms with E-state index in [0.29, 0.717) is 26.0 Å². The number of rotatable bonds is 9. The molecule has 116 valence electrons. The van der Waals surface area contributed by atoms with Gasteiger partial charge in [-0.25, -0.2) is 0 Å². The number of benzene rings is 1. The third kappa shape index (κ3) is 8.34. The van der Waals surface area contributed by atoms with Gasteiger partial charge in [0, 0.05) is 17.4 Å². The van der Waals surface area contributed by atoms with Gasteiger partial charge >= 0.3 is 0 Å². The van der Waals surface area contributed by atoms with Crippen molar-refractivity contribution < 1.29 is 14.3 Å². The summed E-state index contributed by atoms with van der Waals surface area (Å²) in [7, 11) is 0. The van der Waals surface area contributed by atoms with Gasteiger partial charge in [-0.3, -0.25) is 9.59 Å². The molecule has 0 aliphatic carbocycles. The van der Waals surface area contributed by atoms with Crippen LogP contribution in [-0.2, 0) is 9.59 Å². The molecule has 0 bridgehead atoms. The quantitative estimate of drug-likeness (QED) is 0.666. The summed E-state index contributed by atoms with van der Waals surface area (Å²) in [5.74, 6) is 0.481. The molecule has 0 heterocycles. The van der Waals surface area contributed by atoms with Gasteiger partial charge in [-0.15, -0.1) is 0 Å². The Kier molecular flexibility index (Phi) is 8.50. The average molecular weight is 357 g/mol. The highest BCUT2D eigenvalue weighted by atomic mass is 79.9. The summed E-state index contributed by atoms with van der Waals surface area (Å²) < 4.78 is 6.51. The normalized spacial score (nSPS) is 10.0. The molecule has 5 nitrogen and oxygen atoms in total. The van der Waals surface area contributed by atoms with Crippen molar-refractivity contribution in [2.75, 3.05) is 19.7 Å². The number of nitrogens with one attached hydrogen (secondary N) is 2. The Morgan fingerprint density at radius 2 is 1.86 bits per heavy atom. The Hall–Kier alpha value is -1.56. The van der Waals surface area contributed by atoms with Gasteiger partial charge in [-0.1, -0.05) is 22.9 Å². The maximum Gasteiger partial charge on any atom is 0.239 e. The highest BCUT2D eigenvalue weighted by Crippen LogP contribution is 2.16. The standard InChI is InChI=1S/C15H21BrN2O3/c1-2-9-17-15(20)11-18-14(19)4-3-10-21-13-7-5-12(16)6-8-13/h5-8H,2-4,9-11H2,1H3,(H,17,20)(H,18,19). The molecular weight excluding hydrogens is 336 g/mol. The minimum atomic E-state index is -0.156. The molecule has 0 radical (unpaired) electrons. The first kappa shape index (κ1) is 17.5. The summed E-state index contributed by atoms with van der Waals surface area (Å²) in [5, 5.41) is 5.28. The van der Waals surface area contributed by atoms with Gasteiger partial charge in [0.05, 0.1) is 13.2 Å². The van der Waals surface area contributed by atoms with Crippen molar-refractivity contribution in [2.24, 2.45) is 0 Å². The topological polar surface area (TPSA) is 67.4 Å². The number of halogens is 1. The maximum atomic E-state index is 11.5. The monoisotopic (exact) mass is 356 g/mol. The maximum absolute atomic E-state index is 11.5. The molecule has 2 amide bonds. The minimum Gasteiger partial charge on any atom is -0.494 e. The van der Waals surface area contributed by atoms with E-state index >= 15 is 0 Å². The van der Waals surface area contributed by atoms with Crippen molar-refractivity contribution >= 4 is 27.7 Å². The van der Waals surface area contributed by atoms with Gasteiger partial charge in [0.2, 0.25) is 11.8 Å². The molecule has 0 aliphatic heterocycles. The molecule has 0 saturated heterocycles. The molecule has 6 heteroatoms. The smallest absolute Gasteiger partial charge is 0.239 e. The molecule has 0 aromatic heterocycles. The average Bonchev–Trinajstić information content (AvgIpc) is 2.49. The van der Waals surface area contributed by atoms with Gasteiger partial charge in [-0.2, -0.15) is 0 Å². The Morgan fingerprint density at radius 1 is 1.14 bits per heavy atom. The van der Waals surface area contributed by atoms with Gasteiger partial charge < -0.3 is 15.4 Å². The Morgan fingerprint density at radius 3 is 2.52 bits per heavy atom. The molecule has 0 atom stereocenters. The largest absolute Gasteiger partial charge is 0.494 e. The Labute approximate surface area is 133 Å². The van der Waals surface area contributed by atoms with Crippen LogP contribution in [-0.4, -0.2) is 31.5 Å². The molecule has 1 aromatic rings. The zero-order chi connectivity index (χ0) is 15.5. The first-order valence-electron chi connectivity index (χ1n) is 7.03. The zero-order valence-corrected chi connectivity index (χ0v) is 13.7. The molecule has 1 rings (SSSR count). The fourth-order valence-electron chi connectivity index (χ4n) is 1.55. The fourth-order valence-corrected chi connectivity index (χ4v) is 1.81. The second-order valence-corrected chi connectivity index (χ2v) is 5.45. The summed E-state index contributed by atoms with van der Waals surface area (Å²) in [4.78, 5) is 22.8. The summed E-state index contributed by atoms with van der Waals surface area (Å²) in [5.41, 5.74) is 0. The van der Waals surface area contributed by atoms with E-state index in [2.05, 4.69) is 26.6 Å².